The minimum absolute atomic E-state index is 0.146. The van der Waals surface area contributed by atoms with E-state index in [4.69, 9.17) is 4.52 Å². The third-order valence-electron chi connectivity index (χ3n) is 7.58. The summed E-state index contributed by atoms with van der Waals surface area (Å²) < 4.78 is 5.73. The Morgan fingerprint density at radius 2 is 2.03 bits per heavy atom. The molecule has 1 saturated carbocycles. The van der Waals surface area contributed by atoms with E-state index in [-0.39, 0.29) is 23.3 Å². The summed E-state index contributed by atoms with van der Waals surface area (Å²) in [6, 6.07) is 10.8. The van der Waals surface area contributed by atoms with Crippen LogP contribution in [-0.4, -0.2) is 65.1 Å². The van der Waals surface area contributed by atoms with Crippen molar-refractivity contribution in [2.24, 2.45) is 11.8 Å². The van der Waals surface area contributed by atoms with Crippen molar-refractivity contribution < 1.29 is 9.32 Å². The van der Waals surface area contributed by atoms with Gasteiger partial charge in [0.05, 0.1) is 5.41 Å². The molecule has 0 radical (unpaired) electrons. The third-order valence-corrected chi connectivity index (χ3v) is 7.58. The first-order valence-corrected chi connectivity index (χ1v) is 11.6. The normalized spacial score (nSPS) is 29.9. The van der Waals surface area contributed by atoms with Gasteiger partial charge in [-0.3, -0.25) is 9.69 Å². The van der Waals surface area contributed by atoms with Gasteiger partial charge in [-0.2, -0.15) is 4.98 Å². The van der Waals surface area contributed by atoms with Crippen molar-refractivity contribution in [2.45, 2.75) is 50.6 Å². The van der Waals surface area contributed by atoms with Crippen molar-refractivity contribution in [1.29, 1.82) is 0 Å². The molecule has 2 saturated heterocycles. The molecule has 1 aromatic heterocycles. The van der Waals surface area contributed by atoms with Gasteiger partial charge in [-0.1, -0.05) is 35.5 Å². The number of nitrogens with one attached hydrogen (secondary N) is 1. The van der Waals surface area contributed by atoms with E-state index in [1.807, 2.05) is 6.92 Å². The summed E-state index contributed by atoms with van der Waals surface area (Å²) in [6.45, 7) is 6.71. The molecule has 166 valence electrons. The maximum atomic E-state index is 12.9. The fraction of sp³-hybridized carbons (Fsp3) is 0.625. The van der Waals surface area contributed by atoms with Gasteiger partial charge < -0.3 is 14.7 Å². The average molecular weight is 424 g/mol. The molecule has 0 spiro atoms. The number of nitrogens with zero attached hydrogens (tertiary/aromatic N) is 4. The number of likely N-dealkylation sites (tertiary alicyclic amines) is 2. The topological polar surface area (TPSA) is 74.5 Å². The van der Waals surface area contributed by atoms with Crippen molar-refractivity contribution in [3.63, 3.8) is 0 Å². The van der Waals surface area contributed by atoms with Crippen LogP contribution in [0.5, 0.6) is 0 Å². The molecule has 0 bridgehead atoms. The zero-order valence-electron chi connectivity index (χ0n) is 18.6. The SMILES string of the molecule is Cc1noc([C@]23C[C@H](NC(=O)C4CCN(C)CC4)C[C@H]2CN(Cc2ccccc2)C3)n1. The van der Waals surface area contributed by atoms with Crippen LogP contribution in [0.2, 0.25) is 0 Å². The van der Waals surface area contributed by atoms with Crippen molar-refractivity contribution >= 4 is 5.91 Å². The summed E-state index contributed by atoms with van der Waals surface area (Å²) in [5.74, 6) is 2.23. The largest absolute Gasteiger partial charge is 0.353 e. The van der Waals surface area contributed by atoms with Crippen LogP contribution in [0.3, 0.4) is 0 Å². The fourth-order valence-corrected chi connectivity index (χ4v) is 5.97. The average Bonchev–Trinajstić information content (AvgIpc) is 3.42. The first-order chi connectivity index (χ1) is 15.0. The molecule has 1 N–H and O–H groups in total. The van der Waals surface area contributed by atoms with Crippen LogP contribution in [0.15, 0.2) is 34.9 Å². The van der Waals surface area contributed by atoms with E-state index in [1.54, 1.807) is 0 Å². The summed E-state index contributed by atoms with van der Waals surface area (Å²) in [5, 5.41) is 7.49. The second-order valence-corrected chi connectivity index (χ2v) is 9.88. The van der Waals surface area contributed by atoms with Crippen molar-refractivity contribution in [1.82, 2.24) is 25.3 Å². The monoisotopic (exact) mass is 423 g/mol. The highest BCUT2D eigenvalue weighted by Gasteiger charge is 2.57. The Balaban J connectivity index is 1.29. The molecule has 1 aliphatic carbocycles. The van der Waals surface area contributed by atoms with Crippen LogP contribution >= 0.6 is 0 Å². The van der Waals surface area contributed by atoms with Crippen molar-refractivity contribution in [3.8, 4) is 0 Å². The number of carbonyl (C=O) groups excluding carboxylic acids is 1. The van der Waals surface area contributed by atoms with Gasteiger partial charge in [0.1, 0.15) is 0 Å². The van der Waals surface area contributed by atoms with Crippen molar-refractivity contribution in [3.05, 3.63) is 47.6 Å². The van der Waals surface area contributed by atoms with Crippen LogP contribution in [0.4, 0.5) is 0 Å². The smallest absolute Gasteiger partial charge is 0.234 e. The molecule has 2 aliphatic heterocycles. The number of hydrogen-bond donors (Lipinski definition) is 1. The van der Waals surface area contributed by atoms with E-state index in [9.17, 15) is 4.79 Å². The third kappa shape index (κ3) is 4.13. The van der Waals surface area contributed by atoms with E-state index < -0.39 is 0 Å². The Kier molecular flexibility index (Phi) is 5.56. The van der Waals surface area contributed by atoms with Crippen LogP contribution < -0.4 is 5.32 Å². The van der Waals surface area contributed by atoms with Gasteiger partial charge >= 0.3 is 0 Å². The van der Waals surface area contributed by atoms with Crippen LogP contribution in [0, 0.1) is 18.8 Å². The lowest BCUT2D eigenvalue weighted by atomic mass is 9.80. The Bertz CT molecular complexity index is 908. The molecule has 1 aromatic carbocycles. The number of hydrogen-bond acceptors (Lipinski definition) is 6. The summed E-state index contributed by atoms with van der Waals surface area (Å²) in [4.78, 5) is 22.4. The molecule has 3 heterocycles. The number of benzene rings is 1. The predicted molar refractivity (Wildman–Crippen MR) is 117 cm³/mol. The van der Waals surface area contributed by atoms with Gasteiger partial charge in [-0.15, -0.1) is 0 Å². The molecule has 31 heavy (non-hydrogen) atoms. The summed E-state index contributed by atoms with van der Waals surface area (Å²) in [6.07, 6.45) is 3.77. The maximum Gasteiger partial charge on any atom is 0.234 e. The second-order valence-electron chi connectivity index (χ2n) is 9.88. The van der Waals surface area contributed by atoms with E-state index in [1.165, 1.54) is 5.56 Å². The lowest BCUT2D eigenvalue weighted by Gasteiger charge is -2.29. The zero-order valence-corrected chi connectivity index (χ0v) is 18.6. The Hall–Kier alpha value is -2.25. The number of carbonyl (C=O) groups is 1. The van der Waals surface area contributed by atoms with Gasteiger partial charge in [0.15, 0.2) is 5.82 Å². The van der Waals surface area contributed by atoms with E-state index >= 15 is 0 Å². The lowest BCUT2D eigenvalue weighted by Crippen LogP contribution is -2.43. The van der Waals surface area contributed by atoms with E-state index in [0.717, 1.165) is 64.3 Å². The molecule has 1 amide bonds. The van der Waals surface area contributed by atoms with E-state index in [2.05, 4.69) is 62.6 Å². The second kappa shape index (κ2) is 8.36. The number of rotatable bonds is 5. The minimum Gasteiger partial charge on any atom is -0.353 e. The van der Waals surface area contributed by atoms with Crippen LogP contribution in [0.25, 0.3) is 0 Å². The molecular weight excluding hydrogens is 390 g/mol. The van der Waals surface area contributed by atoms with Crippen LogP contribution in [-0.2, 0) is 16.8 Å². The highest BCUT2D eigenvalue weighted by molar-refractivity contribution is 5.79. The number of aromatic nitrogens is 2. The molecular formula is C24H33N5O2. The fourth-order valence-electron chi connectivity index (χ4n) is 5.97. The Morgan fingerprint density at radius 3 is 2.74 bits per heavy atom. The number of aryl methyl sites for hydroxylation is 1. The Morgan fingerprint density at radius 1 is 1.26 bits per heavy atom. The van der Waals surface area contributed by atoms with Gasteiger partial charge in [0.2, 0.25) is 11.8 Å². The molecule has 5 rings (SSSR count). The molecule has 3 fully saturated rings. The first-order valence-electron chi connectivity index (χ1n) is 11.6. The van der Waals surface area contributed by atoms with Crippen molar-refractivity contribution in [2.75, 3.05) is 33.2 Å². The minimum atomic E-state index is -0.166. The standard InChI is InChI=1S/C24H33N5O2/c1-17-25-23(31-27-17)24-13-21(26-22(30)19-8-10-28(2)11-9-19)12-20(24)15-29(16-24)14-18-6-4-3-5-7-18/h3-7,19-21H,8-16H2,1-2H3,(H,26,30)/t20-,21+,24-/m0/s1. The summed E-state index contributed by atoms with van der Waals surface area (Å²) >= 11 is 0. The quantitative estimate of drug-likeness (QED) is 0.796. The predicted octanol–water partition coefficient (Wildman–Crippen LogP) is 2.37. The highest BCUT2D eigenvalue weighted by Crippen LogP contribution is 2.50. The first kappa shape index (κ1) is 20.6. The zero-order chi connectivity index (χ0) is 21.4. The number of piperidine rings is 1. The van der Waals surface area contributed by atoms with Gasteiger partial charge in [-0.05, 0) is 64.2 Å². The number of fused-ring (bicyclic) bond motifs is 1. The van der Waals surface area contributed by atoms with Gasteiger partial charge in [-0.25, -0.2) is 0 Å². The lowest BCUT2D eigenvalue weighted by molar-refractivity contribution is -0.127. The molecule has 2 aromatic rings. The maximum absolute atomic E-state index is 12.9. The van der Waals surface area contributed by atoms with Crippen LogP contribution in [0.1, 0.15) is 43.0 Å². The molecule has 3 atom stereocenters. The Labute approximate surface area is 184 Å². The molecule has 0 unspecified atom stereocenters. The molecule has 7 heteroatoms. The van der Waals surface area contributed by atoms with Gasteiger partial charge in [0.25, 0.3) is 0 Å². The summed E-state index contributed by atoms with van der Waals surface area (Å²) in [5.41, 5.74) is 1.16. The molecule has 3 aliphatic rings. The molecule has 7 nitrogen and oxygen atoms in total. The highest BCUT2D eigenvalue weighted by atomic mass is 16.5. The number of amides is 1. The van der Waals surface area contributed by atoms with Gasteiger partial charge in [0, 0.05) is 31.6 Å². The summed E-state index contributed by atoms with van der Waals surface area (Å²) in [7, 11) is 2.13. The van der Waals surface area contributed by atoms with E-state index in [0.29, 0.717) is 11.7 Å².